The first-order valence-electron chi connectivity index (χ1n) is 11.6. The number of fused-ring (bicyclic) bond motifs is 1. The van der Waals surface area contributed by atoms with Gasteiger partial charge in [-0.25, -0.2) is 9.97 Å². The highest BCUT2D eigenvalue weighted by molar-refractivity contribution is 5.92. The van der Waals surface area contributed by atoms with Crippen molar-refractivity contribution >= 4 is 28.8 Å². The molecule has 7 nitrogen and oxygen atoms in total. The molecule has 176 valence electrons. The lowest BCUT2D eigenvalue weighted by molar-refractivity contribution is -0.126. The highest BCUT2D eigenvalue weighted by atomic mass is 16.3. The molecule has 0 atom stereocenters. The Kier molecular flexibility index (Phi) is 6.14. The molecule has 0 bridgehead atoms. The number of benzene rings is 2. The number of carbonyl (C=O) groups is 1. The fourth-order valence-electron chi connectivity index (χ4n) is 4.27. The largest absolute Gasteiger partial charge is 0.463 e. The zero-order chi connectivity index (χ0) is 24.4. The summed E-state index contributed by atoms with van der Waals surface area (Å²) in [6.45, 7) is 6.29. The van der Waals surface area contributed by atoms with E-state index in [1.54, 1.807) is 23.1 Å². The number of aromatic nitrogens is 2. The number of hydrogen-bond donors (Lipinski definition) is 0. The standard InChI is InChI=1S/C28H26N4O3/c1-19-8-10-25-23(16-19)28(34)22(18-35-25)9-11-27(33)32-14-12-31(13-15-32)26-17-24(29-20(2)30-26)21-6-4-3-5-7-21/h3-11,16-18H,12-15H2,1-2H3/b11-9+. The van der Waals surface area contributed by atoms with Crippen LogP contribution in [0, 0.1) is 13.8 Å². The minimum atomic E-state index is -0.142. The third-order valence-corrected chi connectivity index (χ3v) is 6.17. The monoisotopic (exact) mass is 466 g/mol. The molecule has 3 heterocycles. The summed E-state index contributed by atoms with van der Waals surface area (Å²) in [6.07, 6.45) is 4.40. The predicted octanol–water partition coefficient (Wildman–Crippen LogP) is 4.23. The van der Waals surface area contributed by atoms with Gasteiger partial charge in [-0.15, -0.1) is 0 Å². The molecule has 1 aliphatic heterocycles. The van der Waals surface area contributed by atoms with Gasteiger partial charge in [0.15, 0.2) is 5.43 Å². The van der Waals surface area contributed by atoms with E-state index in [4.69, 9.17) is 4.42 Å². The molecular formula is C28H26N4O3. The number of nitrogens with zero attached hydrogens (tertiary/aromatic N) is 4. The van der Waals surface area contributed by atoms with Crippen molar-refractivity contribution in [2.24, 2.45) is 0 Å². The van der Waals surface area contributed by atoms with Crippen molar-refractivity contribution < 1.29 is 9.21 Å². The quantitative estimate of drug-likeness (QED) is 0.419. The SMILES string of the molecule is Cc1ccc2occ(/C=C/C(=O)N3CCN(c4cc(-c5ccccc5)nc(C)n4)CC3)c(=O)c2c1. The van der Waals surface area contributed by atoms with Crippen LogP contribution in [-0.4, -0.2) is 47.0 Å². The van der Waals surface area contributed by atoms with Gasteiger partial charge in [0.2, 0.25) is 5.91 Å². The molecule has 1 aliphatic rings. The molecule has 0 aliphatic carbocycles. The van der Waals surface area contributed by atoms with E-state index < -0.39 is 0 Å². The Bertz CT molecular complexity index is 1470. The smallest absolute Gasteiger partial charge is 0.246 e. The van der Waals surface area contributed by atoms with Gasteiger partial charge < -0.3 is 14.2 Å². The highest BCUT2D eigenvalue weighted by Gasteiger charge is 2.21. The van der Waals surface area contributed by atoms with Gasteiger partial charge in [-0.3, -0.25) is 9.59 Å². The van der Waals surface area contributed by atoms with E-state index >= 15 is 0 Å². The Labute approximate surface area is 203 Å². The molecule has 7 heteroatoms. The average Bonchev–Trinajstić information content (AvgIpc) is 2.89. The maximum Gasteiger partial charge on any atom is 0.246 e. The molecule has 0 spiro atoms. The van der Waals surface area contributed by atoms with Crippen molar-refractivity contribution in [3.8, 4) is 11.3 Å². The summed E-state index contributed by atoms with van der Waals surface area (Å²) in [7, 11) is 0. The van der Waals surface area contributed by atoms with Gasteiger partial charge in [0, 0.05) is 43.9 Å². The summed E-state index contributed by atoms with van der Waals surface area (Å²) in [5, 5.41) is 0.517. The Morgan fingerprint density at radius 3 is 2.51 bits per heavy atom. The molecular weight excluding hydrogens is 440 g/mol. The third-order valence-electron chi connectivity index (χ3n) is 6.17. The summed E-state index contributed by atoms with van der Waals surface area (Å²) in [5.74, 6) is 1.45. The van der Waals surface area contributed by atoms with Crippen LogP contribution in [-0.2, 0) is 4.79 Å². The fourth-order valence-corrected chi connectivity index (χ4v) is 4.27. The number of anilines is 1. The second kappa shape index (κ2) is 9.54. The number of hydrogen-bond acceptors (Lipinski definition) is 6. The molecule has 0 saturated carbocycles. The molecule has 0 radical (unpaired) electrons. The molecule has 5 rings (SSSR count). The highest BCUT2D eigenvalue weighted by Crippen LogP contribution is 2.23. The van der Waals surface area contributed by atoms with Gasteiger partial charge in [0.1, 0.15) is 23.5 Å². The van der Waals surface area contributed by atoms with Crippen LogP contribution < -0.4 is 10.3 Å². The second-order valence-electron chi connectivity index (χ2n) is 8.69. The summed E-state index contributed by atoms with van der Waals surface area (Å²) in [5.41, 5.74) is 3.67. The van der Waals surface area contributed by atoms with Crippen LogP contribution in [0.2, 0.25) is 0 Å². The van der Waals surface area contributed by atoms with E-state index in [0.717, 1.165) is 22.6 Å². The van der Waals surface area contributed by atoms with Crippen molar-refractivity contribution in [3.05, 3.63) is 94.1 Å². The molecule has 4 aromatic rings. The van der Waals surface area contributed by atoms with Crippen molar-refractivity contribution in [2.75, 3.05) is 31.1 Å². The van der Waals surface area contributed by atoms with Crippen LogP contribution in [0.25, 0.3) is 28.3 Å². The average molecular weight is 467 g/mol. The zero-order valence-electron chi connectivity index (χ0n) is 19.8. The van der Waals surface area contributed by atoms with E-state index in [1.165, 1.54) is 12.3 Å². The van der Waals surface area contributed by atoms with E-state index in [1.807, 2.05) is 56.3 Å². The molecule has 2 aromatic heterocycles. The number of carbonyl (C=O) groups excluding carboxylic acids is 1. The third kappa shape index (κ3) is 4.84. The fraction of sp³-hybridized carbons (Fsp3) is 0.214. The molecule has 35 heavy (non-hydrogen) atoms. The van der Waals surface area contributed by atoms with Gasteiger partial charge in [0.25, 0.3) is 0 Å². The van der Waals surface area contributed by atoms with Crippen LogP contribution in [0.5, 0.6) is 0 Å². The Morgan fingerprint density at radius 1 is 0.971 bits per heavy atom. The summed E-state index contributed by atoms with van der Waals surface area (Å²) < 4.78 is 5.58. The zero-order valence-corrected chi connectivity index (χ0v) is 19.8. The first-order chi connectivity index (χ1) is 17.0. The van der Waals surface area contributed by atoms with Crippen LogP contribution in [0.15, 0.2) is 76.1 Å². The van der Waals surface area contributed by atoms with Gasteiger partial charge in [-0.1, -0.05) is 42.0 Å². The molecule has 0 unspecified atom stereocenters. The van der Waals surface area contributed by atoms with Crippen LogP contribution in [0.3, 0.4) is 0 Å². The maximum absolute atomic E-state index is 12.8. The normalized spacial score (nSPS) is 14.1. The van der Waals surface area contributed by atoms with Gasteiger partial charge in [-0.2, -0.15) is 0 Å². The van der Waals surface area contributed by atoms with Crippen molar-refractivity contribution in [1.29, 1.82) is 0 Å². The molecule has 1 amide bonds. The first kappa shape index (κ1) is 22.5. The molecule has 1 saturated heterocycles. The van der Waals surface area contributed by atoms with Crippen molar-refractivity contribution in [2.45, 2.75) is 13.8 Å². The number of rotatable bonds is 4. The molecule has 0 N–H and O–H groups in total. The Balaban J connectivity index is 1.26. The van der Waals surface area contributed by atoms with Gasteiger partial charge in [0.05, 0.1) is 16.6 Å². The first-order valence-corrected chi connectivity index (χ1v) is 11.6. The summed E-state index contributed by atoms with van der Waals surface area (Å²) >= 11 is 0. The lowest BCUT2D eigenvalue weighted by atomic mass is 10.1. The topological polar surface area (TPSA) is 79.5 Å². The lowest BCUT2D eigenvalue weighted by Crippen LogP contribution is -2.48. The van der Waals surface area contributed by atoms with Gasteiger partial charge >= 0.3 is 0 Å². The number of aryl methyl sites for hydroxylation is 2. The number of piperazine rings is 1. The van der Waals surface area contributed by atoms with Crippen LogP contribution in [0.4, 0.5) is 5.82 Å². The number of amides is 1. The Hall–Kier alpha value is -4.26. The summed E-state index contributed by atoms with van der Waals surface area (Å²) in [4.78, 5) is 38.7. The minimum Gasteiger partial charge on any atom is -0.463 e. The lowest BCUT2D eigenvalue weighted by Gasteiger charge is -2.35. The molecule has 2 aromatic carbocycles. The van der Waals surface area contributed by atoms with Gasteiger partial charge in [-0.05, 0) is 32.1 Å². The minimum absolute atomic E-state index is 0.128. The Morgan fingerprint density at radius 2 is 1.74 bits per heavy atom. The van der Waals surface area contributed by atoms with E-state index in [9.17, 15) is 9.59 Å². The maximum atomic E-state index is 12.8. The molecule has 1 fully saturated rings. The van der Waals surface area contributed by atoms with E-state index in [0.29, 0.717) is 48.5 Å². The second-order valence-corrected chi connectivity index (χ2v) is 8.69. The van der Waals surface area contributed by atoms with E-state index in [2.05, 4.69) is 14.9 Å². The summed E-state index contributed by atoms with van der Waals surface area (Å²) in [6, 6.07) is 17.5. The van der Waals surface area contributed by atoms with Crippen LogP contribution >= 0.6 is 0 Å². The predicted molar refractivity (Wildman–Crippen MR) is 137 cm³/mol. The van der Waals surface area contributed by atoms with Crippen molar-refractivity contribution in [3.63, 3.8) is 0 Å². The van der Waals surface area contributed by atoms with Crippen LogP contribution in [0.1, 0.15) is 17.0 Å². The van der Waals surface area contributed by atoms with Crippen molar-refractivity contribution in [1.82, 2.24) is 14.9 Å². The van der Waals surface area contributed by atoms with E-state index in [-0.39, 0.29) is 11.3 Å².